The van der Waals surface area contributed by atoms with Crippen LogP contribution in [0.15, 0.2) is 49.7 Å². The first-order chi connectivity index (χ1) is 14.1. The Hall–Kier alpha value is -2.86. The molecule has 0 amide bonds. The minimum atomic E-state index is -0.196. The summed E-state index contributed by atoms with van der Waals surface area (Å²) in [4.78, 5) is 7.06. The van der Waals surface area contributed by atoms with Gasteiger partial charge in [-0.1, -0.05) is 60.9 Å². The van der Waals surface area contributed by atoms with Crippen molar-refractivity contribution in [2.45, 2.75) is 46.1 Å². The van der Waals surface area contributed by atoms with E-state index in [0.717, 1.165) is 63.2 Å². The van der Waals surface area contributed by atoms with Crippen molar-refractivity contribution in [2.24, 2.45) is 0 Å². The molecule has 0 radical (unpaired) electrons. The SMILES string of the molecule is C=C(Nc1nc2c(s1)c(C(=C)N1CCCC1=C)nn2C(C)(C)C)c1ccc(C)cc1. The molecule has 0 bridgehead atoms. The number of aryl methyl sites for hydroxylation is 1. The van der Waals surface area contributed by atoms with Crippen LogP contribution < -0.4 is 5.32 Å². The van der Waals surface area contributed by atoms with Crippen molar-refractivity contribution in [1.82, 2.24) is 19.7 Å². The highest BCUT2D eigenvalue weighted by atomic mass is 32.1. The number of nitrogens with zero attached hydrogens (tertiary/aromatic N) is 4. The summed E-state index contributed by atoms with van der Waals surface area (Å²) in [6.07, 6.45) is 2.11. The number of hydrogen-bond acceptors (Lipinski definition) is 5. The Morgan fingerprint density at radius 1 is 1.17 bits per heavy atom. The molecule has 0 saturated carbocycles. The molecule has 1 saturated heterocycles. The van der Waals surface area contributed by atoms with Crippen LogP contribution >= 0.6 is 11.3 Å². The average Bonchev–Trinajstić information content (AvgIpc) is 3.35. The smallest absolute Gasteiger partial charge is 0.189 e. The van der Waals surface area contributed by atoms with Crippen molar-refractivity contribution in [1.29, 1.82) is 0 Å². The van der Waals surface area contributed by atoms with Crippen LogP contribution in [0.5, 0.6) is 0 Å². The molecule has 1 aromatic carbocycles. The van der Waals surface area contributed by atoms with Gasteiger partial charge in [0.15, 0.2) is 10.8 Å². The number of hydrogen-bond donors (Lipinski definition) is 1. The van der Waals surface area contributed by atoms with Gasteiger partial charge in [-0.05, 0) is 46.1 Å². The van der Waals surface area contributed by atoms with Gasteiger partial charge in [0.2, 0.25) is 0 Å². The van der Waals surface area contributed by atoms with E-state index in [-0.39, 0.29) is 5.54 Å². The highest BCUT2D eigenvalue weighted by Gasteiger charge is 2.28. The quantitative estimate of drug-likeness (QED) is 0.533. The summed E-state index contributed by atoms with van der Waals surface area (Å²) in [6.45, 7) is 22.2. The van der Waals surface area contributed by atoms with Gasteiger partial charge in [-0.25, -0.2) is 9.67 Å². The second-order valence-electron chi connectivity index (χ2n) is 8.84. The molecule has 3 heterocycles. The highest BCUT2D eigenvalue weighted by molar-refractivity contribution is 7.22. The van der Waals surface area contributed by atoms with Gasteiger partial charge in [0.1, 0.15) is 10.4 Å². The van der Waals surface area contributed by atoms with E-state index in [2.05, 4.69) is 81.9 Å². The molecule has 1 fully saturated rings. The van der Waals surface area contributed by atoms with E-state index in [9.17, 15) is 0 Å². The molecule has 1 aliphatic heterocycles. The first-order valence-corrected chi connectivity index (χ1v) is 11.0. The fraction of sp³-hybridized carbons (Fsp3) is 0.333. The number of rotatable bonds is 5. The first kappa shape index (κ1) is 20.4. The van der Waals surface area contributed by atoms with Crippen molar-refractivity contribution in [3.8, 4) is 0 Å². The minimum Gasteiger partial charge on any atom is -0.344 e. The highest BCUT2D eigenvalue weighted by Crippen LogP contribution is 2.38. The number of fused-ring (bicyclic) bond motifs is 1. The normalized spacial score (nSPS) is 14.5. The van der Waals surface area contributed by atoms with Crippen LogP contribution in [-0.4, -0.2) is 26.2 Å². The Kier molecular flexibility index (Phi) is 5.06. The van der Waals surface area contributed by atoms with E-state index < -0.39 is 0 Å². The Morgan fingerprint density at radius 3 is 2.47 bits per heavy atom. The lowest BCUT2D eigenvalue weighted by Gasteiger charge is -2.22. The first-order valence-electron chi connectivity index (χ1n) is 10.2. The van der Waals surface area contributed by atoms with Crippen LogP contribution in [0.2, 0.25) is 0 Å². The monoisotopic (exact) mass is 419 g/mol. The zero-order valence-electron chi connectivity index (χ0n) is 18.2. The van der Waals surface area contributed by atoms with Gasteiger partial charge in [-0.15, -0.1) is 0 Å². The Labute approximate surface area is 182 Å². The van der Waals surface area contributed by atoms with Gasteiger partial charge in [0.05, 0.1) is 11.2 Å². The molecule has 0 unspecified atom stereocenters. The molecule has 0 spiro atoms. The van der Waals surface area contributed by atoms with Gasteiger partial charge in [-0.3, -0.25) is 0 Å². The predicted octanol–water partition coefficient (Wildman–Crippen LogP) is 6.22. The van der Waals surface area contributed by atoms with Crippen LogP contribution in [0, 0.1) is 6.92 Å². The summed E-state index contributed by atoms with van der Waals surface area (Å²) >= 11 is 1.59. The number of aromatic nitrogens is 3. The molecule has 2 aromatic heterocycles. The average molecular weight is 420 g/mol. The van der Waals surface area contributed by atoms with Crippen molar-refractivity contribution < 1.29 is 0 Å². The van der Waals surface area contributed by atoms with Crippen molar-refractivity contribution in [3.63, 3.8) is 0 Å². The largest absolute Gasteiger partial charge is 0.344 e. The molecule has 0 aliphatic carbocycles. The Morgan fingerprint density at radius 2 is 1.87 bits per heavy atom. The van der Waals surface area contributed by atoms with Crippen LogP contribution in [-0.2, 0) is 5.54 Å². The van der Waals surface area contributed by atoms with E-state index in [0.29, 0.717) is 0 Å². The Balaban J connectivity index is 1.72. The maximum absolute atomic E-state index is 4.92. The molecule has 156 valence electrons. The zero-order valence-corrected chi connectivity index (χ0v) is 19.1. The minimum absolute atomic E-state index is 0.196. The summed E-state index contributed by atoms with van der Waals surface area (Å²) in [6, 6.07) is 8.31. The molecular formula is C24H29N5S. The van der Waals surface area contributed by atoms with Crippen LogP contribution in [0.25, 0.3) is 21.7 Å². The standard InChI is InChI=1S/C24H29N5S/c1-15-10-12-19(13-11-15)17(3)25-23-26-22-21(30-23)20(27-29(22)24(5,6)7)18(4)28-14-8-9-16(28)2/h10-13H,2-4,8-9,14H2,1,5-7H3,(H,25,26). The summed E-state index contributed by atoms with van der Waals surface area (Å²) < 4.78 is 3.03. The lowest BCUT2D eigenvalue weighted by molar-refractivity contribution is 0.364. The van der Waals surface area contributed by atoms with Crippen LogP contribution in [0.3, 0.4) is 0 Å². The molecular weight excluding hydrogens is 390 g/mol. The van der Waals surface area contributed by atoms with Crippen molar-refractivity contribution in [3.05, 3.63) is 66.5 Å². The van der Waals surface area contributed by atoms with Gasteiger partial charge in [0, 0.05) is 17.9 Å². The number of anilines is 1. The second kappa shape index (κ2) is 7.43. The summed E-state index contributed by atoms with van der Waals surface area (Å²) in [5.74, 6) is 0. The van der Waals surface area contributed by atoms with Gasteiger partial charge >= 0.3 is 0 Å². The third-order valence-electron chi connectivity index (χ3n) is 5.35. The van der Waals surface area contributed by atoms with E-state index in [1.807, 2.05) is 4.68 Å². The third kappa shape index (κ3) is 3.67. The molecule has 0 atom stereocenters. The number of thiazole rings is 1. The topological polar surface area (TPSA) is 46.0 Å². The second-order valence-corrected chi connectivity index (χ2v) is 9.84. The molecule has 4 rings (SSSR count). The van der Waals surface area contributed by atoms with E-state index in [1.54, 1.807) is 11.3 Å². The van der Waals surface area contributed by atoms with Gasteiger partial charge in [0.25, 0.3) is 0 Å². The predicted molar refractivity (Wildman–Crippen MR) is 128 cm³/mol. The molecule has 3 aromatic rings. The number of allylic oxidation sites excluding steroid dienone is 1. The molecule has 1 aliphatic rings. The Bertz CT molecular complexity index is 1140. The zero-order chi connectivity index (χ0) is 21.6. The maximum atomic E-state index is 4.92. The number of likely N-dealkylation sites (tertiary alicyclic amines) is 1. The van der Waals surface area contributed by atoms with E-state index in [1.165, 1.54) is 5.56 Å². The fourth-order valence-corrected chi connectivity index (χ4v) is 4.63. The van der Waals surface area contributed by atoms with Crippen molar-refractivity contribution >= 4 is 38.2 Å². The molecule has 6 heteroatoms. The summed E-state index contributed by atoms with van der Waals surface area (Å²) in [7, 11) is 0. The van der Waals surface area contributed by atoms with Gasteiger partial charge < -0.3 is 10.2 Å². The summed E-state index contributed by atoms with van der Waals surface area (Å²) in [5, 5.41) is 9.11. The molecule has 1 N–H and O–H groups in total. The lowest BCUT2D eigenvalue weighted by atomic mass is 10.1. The fourth-order valence-electron chi connectivity index (χ4n) is 3.66. The van der Waals surface area contributed by atoms with E-state index >= 15 is 0 Å². The van der Waals surface area contributed by atoms with Gasteiger partial charge in [-0.2, -0.15) is 5.10 Å². The molecule has 5 nitrogen and oxygen atoms in total. The van der Waals surface area contributed by atoms with Crippen molar-refractivity contribution in [2.75, 3.05) is 11.9 Å². The third-order valence-corrected chi connectivity index (χ3v) is 6.31. The van der Waals surface area contributed by atoms with Crippen LogP contribution in [0.4, 0.5) is 5.13 Å². The van der Waals surface area contributed by atoms with E-state index in [4.69, 9.17) is 10.1 Å². The maximum Gasteiger partial charge on any atom is 0.189 e. The number of benzene rings is 1. The lowest BCUT2D eigenvalue weighted by Crippen LogP contribution is -2.24. The summed E-state index contributed by atoms with van der Waals surface area (Å²) in [5.41, 5.74) is 6.67. The number of nitrogens with one attached hydrogen (secondary N) is 1. The van der Waals surface area contributed by atoms with Crippen LogP contribution in [0.1, 0.15) is 50.4 Å². The molecule has 30 heavy (non-hydrogen) atoms.